The smallest absolute Gasteiger partial charge is 0.161 e. The van der Waals surface area contributed by atoms with Crippen molar-refractivity contribution in [2.75, 3.05) is 13.1 Å². The van der Waals surface area contributed by atoms with Crippen molar-refractivity contribution < 1.29 is 13.2 Å². The van der Waals surface area contributed by atoms with Crippen molar-refractivity contribution in [2.45, 2.75) is 32.5 Å². The van der Waals surface area contributed by atoms with E-state index in [1.54, 1.807) is 0 Å². The van der Waals surface area contributed by atoms with Crippen LogP contribution in [0.5, 0.6) is 0 Å². The lowest BCUT2D eigenvalue weighted by atomic mass is 10.1. The second-order valence-electron chi connectivity index (χ2n) is 4.95. The Labute approximate surface area is 117 Å². The summed E-state index contributed by atoms with van der Waals surface area (Å²) in [4.78, 5) is 2.07. The molecule has 1 aliphatic heterocycles. The Balaban J connectivity index is 0.00000180. The van der Waals surface area contributed by atoms with Crippen molar-refractivity contribution in [1.82, 2.24) is 10.2 Å². The van der Waals surface area contributed by atoms with Gasteiger partial charge in [-0.05, 0) is 19.9 Å². The van der Waals surface area contributed by atoms with Crippen LogP contribution in [-0.4, -0.2) is 30.1 Å². The average molecular weight is 295 g/mol. The number of halogens is 4. The summed E-state index contributed by atoms with van der Waals surface area (Å²) in [5.41, 5.74) is 0.204. The first-order valence-corrected chi connectivity index (χ1v) is 6.08. The van der Waals surface area contributed by atoms with Gasteiger partial charge in [0, 0.05) is 43.3 Å². The second-order valence-corrected chi connectivity index (χ2v) is 4.95. The first-order valence-electron chi connectivity index (χ1n) is 6.08. The van der Waals surface area contributed by atoms with Crippen LogP contribution in [0.3, 0.4) is 0 Å². The highest BCUT2D eigenvalue weighted by Crippen LogP contribution is 2.18. The van der Waals surface area contributed by atoms with Gasteiger partial charge in [-0.15, -0.1) is 12.4 Å². The summed E-state index contributed by atoms with van der Waals surface area (Å²) in [5.74, 6) is -2.83. The summed E-state index contributed by atoms with van der Waals surface area (Å²) in [6.07, 6.45) is 0. The molecule has 0 bridgehead atoms. The van der Waals surface area contributed by atoms with Crippen LogP contribution < -0.4 is 5.32 Å². The normalized spacial score (nSPS) is 24.1. The molecule has 0 spiro atoms. The van der Waals surface area contributed by atoms with Crippen LogP contribution in [0.4, 0.5) is 13.2 Å². The molecule has 1 aromatic rings. The van der Waals surface area contributed by atoms with Gasteiger partial charge in [0.15, 0.2) is 11.6 Å². The molecule has 1 heterocycles. The Bertz CT molecular complexity index is 442. The molecule has 2 rings (SSSR count). The number of nitrogens with zero attached hydrogens (tertiary/aromatic N) is 1. The molecule has 2 unspecified atom stereocenters. The minimum Gasteiger partial charge on any atom is -0.311 e. The van der Waals surface area contributed by atoms with Crippen molar-refractivity contribution in [1.29, 1.82) is 0 Å². The van der Waals surface area contributed by atoms with Gasteiger partial charge in [0.25, 0.3) is 0 Å². The fraction of sp³-hybridized carbons (Fsp3) is 0.538. The molecule has 1 aromatic carbocycles. The average Bonchev–Trinajstić information content (AvgIpc) is 2.30. The number of hydrogen-bond acceptors (Lipinski definition) is 2. The van der Waals surface area contributed by atoms with Crippen molar-refractivity contribution in [3.8, 4) is 0 Å². The van der Waals surface area contributed by atoms with E-state index in [1.807, 2.05) is 13.8 Å². The predicted octanol–water partition coefficient (Wildman–Crippen LogP) is 2.71. The largest absolute Gasteiger partial charge is 0.311 e. The maximum absolute atomic E-state index is 13.6. The highest BCUT2D eigenvalue weighted by molar-refractivity contribution is 5.85. The molecule has 1 N–H and O–H groups in total. The van der Waals surface area contributed by atoms with Crippen LogP contribution in [0, 0.1) is 17.5 Å². The highest BCUT2D eigenvalue weighted by Gasteiger charge is 2.23. The molecule has 6 heteroatoms. The van der Waals surface area contributed by atoms with Gasteiger partial charge >= 0.3 is 0 Å². The van der Waals surface area contributed by atoms with Crippen LogP contribution in [-0.2, 0) is 6.54 Å². The minimum atomic E-state index is -1.14. The molecule has 19 heavy (non-hydrogen) atoms. The Morgan fingerprint density at radius 2 is 1.79 bits per heavy atom. The standard InChI is InChI=1S/C13H17F3N2.ClH/c1-8-6-18(9(2)5-17-8)7-10-3-12(15)13(16)4-11(10)14;/h3-4,8-9,17H,5-7H2,1-2H3;1H. The summed E-state index contributed by atoms with van der Waals surface area (Å²) in [5, 5.41) is 3.31. The maximum atomic E-state index is 13.6. The van der Waals surface area contributed by atoms with Gasteiger partial charge in [0.1, 0.15) is 5.82 Å². The first kappa shape index (κ1) is 16.3. The zero-order valence-corrected chi connectivity index (χ0v) is 11.7. The van der Waals surface area contributed by atoms with Crippen LogP contribution in [0.1, 0.15) is 19.4 Å². The van der Waals surface area contributed by atoms with E-state index >= 15 is 0 Å². The first-order chi connectivity index (χ1) is 8.47. The van der Waals surface area contributed by atoms with Gasteiger partial charge in [-0.1, -0.05) is 0 Å². The fourth-order valence-corrected chi connectivity index (χ4v) is 2.22. The Morgan fingerprint density at radius 1 is 1.16 bits per heavy atom. The van der Waals surface area contributed by atoms with Gasteiger partial charge in [0.05, 0.1) is 0 Å². The molecule has 2 atom stereocenters. The van der Waals surface area contributed by atoms with Gasteiger partial charge in [-0.2, -0.15) is 0 Å². The molecule has 0 saturated carbocycles. The third-order valence-corrected chi connectivity index (χ3v) is 3.36. The molecule has 0 radical (unpaired) electrons. The molecule has 2 nitrogen and oxygen atoms in total. The van der Waals surface area contributed by atoms with Crippen LogP contribution in [0.15, 0.2) is 12.1 Å². The number of nitrogens with one attached hydrogen (secondary N) is 1. The summed E-state index contributed by atoms with van der Waals surface area (Å²) in [6, 6.07) is 2.12. The van der Waals surface area contributed by atoms with E-state index in [1.165, 1.54) is 0 Å². The van der Waals surface area contributed by atoms with Crippen LogP contribution in [0.2, 0.25) is 0 Å². The Hall–Kier alpha value is -0.780. The minimum absolute atomic E-state index is 0. The van der Waals surface area contributed by atoms with E-state index < -0.39 is 17.5 Å². The molecule has 0 aliphatic carbocycles. The zero-order chi connectivity index (χ0) is 13.3. The Kier molecular flexibility index (Phi) is 5.64. The predicted molar refractivity (Wildman–Crippen MR) is 70.9 cm³/mol. The van der Waals surface area contributed by atoms with Gasteiger partial charge in [0.2, 0.25) is 0 Å². The number of rotatable bonds is 2. The van der Waals surface area contributed by atoms with Crippen molar-refractivity contribution >= 4 is 12.4 Å². The lowest BCUT2D eigenvalue weighted by Crippen LogP contribution is -2.53. The highest BCUT2D eigenvalue weighted by atomic mass is 35.5. The SMILES string of the molecule is CC1CN(Cc2cc(F)c(F)cc2F)C(C)CN1.Cl. The van der Waals surface area contributed by atoms with Crippen molar-refractivity contribution in [2.24, 2.45) is 0 Å². The molecule has 0 amide bonds. The summed E-state index contributed by atoms with van der Waals surface area (Å²) in [7, 11) is 0. The van der Waals surface area contributed by atoms with E-state index in [4.69, 9.17) is 0 Å². The Morgan fingerprint density at radius 3 is 2.47 bits per heavy atom. The van der Waals surface area contributed by atoms with Crippen LogP contribution >= 0.6 is 12.4 Å². The quantitative estimate of drug-likeness (QED) is 0.844. The third kappa shape index (κ3) is 3.84. The summed E-state index contributed by atoms with van der Waals surface area (Å²) < 4.78 is 39.5. The molecule has 1 aliphatic rings. The molecule has 1 saturated heterocycles. The van der Waals surface area contributed by atoms with E-state index in [9.17, 15) is 13.2 Å². The number of benzene rings is 1. The zero-order valence-electron chi connectivity index (χ0n) is 10.9. The lowest BCUT2D eigenvalue weighted by Gasteiger charge is -2.37. The fourth-order valence-electron chi connectivity index (χ4n) is 2.22. The molecular weight excluding hydrogens is 277 g/mol. The lowest BCUT2D eigenvalue weighted by molar-refractivity contribution is 0.137. The number of hydrogen-bond donors (Lipinski definition) is 1. The molecule has 0 aromatic heterocycles. The van der Waals surface area contributed by atoms with Gasteiger partial charge in [-0.25, -0.2) is 13.2 Å². The van der Waals surface area contributed by atoms with Crippen molar-refractivity contribution in [3.63, 3.8) is 0 Å². The summed E-state index contributed by atoms with van der Waals surface area (Å²) >= 11 is 0. The van der Waals surface area contributed by atoms with E-state index in [0.717, 1.165) is 19.2 Å². The third-order valence-electron chi connectivity index (χ3n) is 3.36. The van der Waals surface area contributed by atoms with Gasteiger partial charge in [-0.3, -0.25) is 4.90 Å². The molecular formula is C13H18ClF3N2. The molecule has 1 fully saturated rings. The van der Waals surface area contributed by atoms with E-state index in [-0.39, 0.29) is 24.0 Å². The van der Waals surface area contributed by atoms with E-state index in [0.29, 0.717) is 18.7 Å². The molecule has 108 valence electrons. The van der Waals surface area contributed by atoms with Crippen LogP contribution in [0.25, 0.3) is 0 Å². The second kappa shape index (κ2) is 6.59. The monoisotopic (exact) mass is 294 g/mol. The summed E-state index contributed by atoms with van der Waals surface area (Å²) in [6.45, 7) is 5.94. The van der Waals surface area contributed by atoms with E-state index in [2.05, 4.69) is 10.2 Å². The van der Waals surface area contributed by atoms with Gasteiger partial charge < -0.3 is 5.32 Å². The van der Waals surface area contributed by atoms with Crippen molar-refractivity contribution in [3.05, 3.63) is 35.1 Å². The maximum Gasteiger partial charge on any atom is 0.161 e. The topological polar surface area (TPSA) is 15.3 Å². The number of piperazine rings is 1.